The van der Waals surface area contributed by atoms with Crippen molar-refractivity contribution in [2.24, 2.45) is 0 Å². The Labute approximate surface area is 114 Å². The Hall–Kier alpha value is -1.90. The van der Waals surface area contributed by atoms with Gasteiger partial charge in [0, 0.05) is 17.3 Å². The lowest BCUT2D eigenvalue weighted by Crippen LogP contribution is -2.03. The molecule has 0 atom stereocenters. The van der Waals surface area contributed by atoms with Gasteiger partial charge in [-0.15, -0.1) is 0 Å². The van der Waals surface area contributed by atoms with Crippen LogP contribution in [0.15, 0.2) is 18.2 Å². The summed E-state index contributed by atoms with van der Waals surface area (Å²) in [4.78, 5) is 9.07. The van der Waals surface area contributed by atoms with Crippen molar-refractivity contribution in [2.75, 3.05) is 5.73 Å². The fourth-order valence-electron chi connectivity index (χ4n) is 2.43. The molecule has 0 bridgehead atoms. The van der Waals surface area contributed by atoms with Crippen molar-refractivity contribution in [1.29, 1.82) is 0 Å². The summed E-state index contributed by atoms with van der Waals surface area (Å²) in [5.74, 6) is 1.61. The summed E-state index contributed by atoms with van der Waals surface area (Å²) in [7, 11) is 0. The van der Waals surface area contributed by atoms with Crippen LogP contribution in [0.1, 0.15) is 42.1 Å². The fraction of sp³-hybridized carbons (Fsp3) is 0.375. The second-order valence-electron chi connectivity index (χ2n) is 5.47. The van der Waals surface area contributed by atoms with Crippen LogP contribution >= 0.6 is 0 Å². The minimum absolute atomic E-state index is 0.343. The third kappa shape index (κ3) is 2.75. The van der Waals surface area contributed by atoms with Crippen molar-refractivity contribution < 1.29 is 0 Å². The van der Waals surface area contributed by atoms with Gasteiger partial charge in [-0.3, -0.25) is 0 Å². The largest absolute Gasteiger partial charge is 0.384 e. The number of nitrogen functional groups attached to an aromatic ring is 1. The molecule has 2 N–H and O–H groups in total. The lowest BCUT2D eigenvalue weighted by Gasteiger charge is -2.13. The quantitative estimate of drug-likeness (QED) is 0.888. The van der Waals surface area contributed by atoms with E-state index in [1.165, 1.54) is 16.7 Å². The molecule has 1 aromatic carbocycles. The Kier molecular flexibility index (Phi) is 3.56. The molecule has 19 heavy (non-hydrogen) atoms. The highest BCUT2D eigenvalue weighted by Gasteiger charge is 2.12. The minimum Gasteiger partial charge on any atom is -0.384 e. The molecule has 0 saturated heterocycles. The number of benzene rings is 1. The first-order chi connectivity index (χ1) is 8.88. The van der Waals surface area contributed by atoms with Gasteiger partial charge in [0.05, 0.1) is 0 Å². The van der Waals surface area contributed by atoms with Crippen molar-refractivity contribution in [3.8, 4) is 11.4 Å². The van der Waals surface area contributed by atoms with Crippen LogP contribution in [0.3, 0.4) is 0 Å². The van der Waals surface area contributed by atoms with E-state index in [1.807, 2.05) is 6.07 Å². The van der Waals surface area contributed by atoms with Gasteiger partial charge < -0.3 is 5.73 Å². The Balaban J connectivity index is 2.65. The average molecular weight is 255 g/mol. The SMILES string of the molecule is Cc1cc(C)c(-c2nc(N)cc(C(C)C)n2)c(C)c1. The van der Waals surface area contributed by atoms with Crippen molar-refractivity contribution in [2.45, 2.75) is 40.5 Å². The van der Waals surface area contributed by atoms with Crippen molar-refractivity contribution in [3.05, 3.63) is 40.6 Å². The molecule has 0 aliphatic carbocycles. The molecule has 0 amide bonds. The first-order valence-corrected chi connectivity index (χ1v) is 6.61. The van der Waals surface area contributed by atoms with E-state index in [4.69, 9.17) is 5.73 Å². The van der Waals surface area contributed by atoms with Gasteiger partial charge in [-0.2, -0.15) is 0 Å². The normalized spacial score (nSPS) is 11.1. The molecular formula is C16H21N3. The third-order valence-electron chi connectivity index (χ3n) is 3.26. The highest BCUT2D eigenvalue weighted by Crippen LogP contribution is 2.27. The van der Waals surface area contributed by atoms with Crippen LogP contribution in [0.2, 0.25) is 0 Å². The first kappa shape index (κ1) is 13.5. The smallest absolute Gasteiger partial charge is 0.162 e. The summed E-state index contributed by atoms with van der Waals surface area (Å²) in [5.41, 5.74) is 11.6. The maximum absolute atomic E-state index is 5.91. The molecule has 2 rings (SSSR count). The van der Waals surface area contributed by atoms with E-state index in [0.29, 0.717) is 11.7 Å². The van der Waals surface area contributed by atoms with Gasteiger partial charge in [0.25, 0.3) is 0 Å². The molecule has 0 aliphatic heterocycles. The highest BCUT2D eigenvalue weighted by molar-refractivity contribution is 5.66. The Morgan fingerprint density at radius 3 is 2.05 bits per heavy atom. The molecule has 1 heterocycles. The van der Waals surface area contributed by atoms with E-state index in [-0.39, 0.29) is 0 Å². The molecule has 1 aromatic heterocycles. The topological polar surface area (TPSA) is 51.8 Å². The summed E-state index contributed by atoms with van der Waals surface area (Å²) < 4.78 is 0. The van der Waals surface area contributed by atoms with Gasteiger partial charge >= 0.3 is 0 Å². The molecule has 0 fully saturated rings. The number of nitrogens with zero attached hydrogens (tertiary/aromatic N) is 2. The van der Waals surface area contributed by atoms with Crippen LogP contribution in [0.25, 0.3) is 11.4 Å². The number of aromatic nitrogens is 2. The van der Waals surface area contributed by atoms with Gasteiger partial charge in [-0.25, -0.2) is 9.97 Å². The van der Waals surface area contributed by atoms with Crippen LogP contribution in [0.5, 0.6) is 0 Å². The summed E-state index contributed by atoms with van der Waals surface area (Å²) >= 11 is 0. The van der Waals surface area contributed by atoms with Crippen molar-refractivity contribution >= 4 is 5.82 Å². The fourth-order valence-corrected chi connectivity index (χ4v) is 2.43. The van der Waals surface area contributed by atoms with E-state index in [0.717, 1.165) is 17.1 Å². The van der Waals surface area contributed by atoms with Gasteiger partial charge in [-0.1, -0.05) is 31.5 Å². The predicted molar refractivity (Wildman–Crippen MR) is 80.2 cm³/mol. The Bertz CT molecular complexity index is 592. The second-order valence-corrected chi connectivity index (χ2v) is 5.47. The number of nitrogens with two attached hydrogens (primary N) is 1. The average Bonchev–Trinajstić information content (AvgIpc) is 2.26. The zero-order valence-electron chi connectivity index (χ0n) is 12.3. The highest BCUT2D eigenvalue weighted by atomic mass is 14.9. The lowest BCUT2D eigenvalue weighted by atomic mass is 9.99. The molecule has 0 saturated carbocycles. The number of hydrogen-bond acceptors (Lipinski definition) is 3. The van der Waals surface area contributed by atoms with Crippen LogP contribution in [0.4, 0.5) is 5.82 Å². The molecule has 100 valence electrons. The van der Waals surface area contributed by atoms with E-state index in [9.17, 15) is 0 Å². The van der Waals surface area contributed by atoms with E-state index in [2.05, 4.69) is 56.7 Å². The van der Waals surface area contributed by atoms with Crippen LogP contribution in [0, 0.1) is 20.8 Å². The van der Waals surface area contributed by atoms with Crippen LogP contribution in [-0.4, -0.2) is 9.97 Å². The molecule has 3 heteroatoms. The molecule has 0 aliphatic rings. The predicted octanol–water partition coefficient (Wildman–Crippen LogP) is 3.77. The maximum Gasteiger partial charge on any atom is 0.162 e. The van der Waals surface area contributed by atoms with Gasteiger partial charge in [0.15, 0.2) is 5.82 Å². The monoisotopic (exact) mass is 255 g/mol. The Morgan fingerprint density at radius 2 is 1.53 bits per heavy atom. The summed E-state index contributed by atoms with van der Waals surface area (Å²) in [5, 5.41) is 0. The molecule has 3 nitrogen and oxygen atoms in total. The van der Waals surface area contributed by atoms with Gasteiger partial charge in [0.2, 0.25) is 0 Å². The standard InChI is InChI=1S/C16H21N3/c1-9(2)13-8-14(17)19-16(18-13)15-11(4)6-10(3)7-12(15)5/h6-9H,1-5H3,(H2,17,18,19). The van der Waals surface area contributed by atoms with Crippen molar-refractivity contribution in [3.63, 3.8) is 0 Å². The van der Waals surface area contributed by atoms with Gasteiger partial charge in [-0.05, 0) is 37.8 Å². The summed E-state index contributed by atoms with van der Waals surface area (Å²) in [6, 6.07) is 6.17. The summed E-state index contributed by atoms with van der Waals surface area (Å²) in [6.07, 6.45) is 0. The van der Waals surface area contributed by atoms with Gasteiger partial charge in [0.1, 0.15) is 5.82 Å². The second kappa shape index (κ2) is 5.00. The molecule has 0 radical (unpaired) electrons. The molecule has 2 aromatic rings. The van der Waals surface area contributed by atoms with Crippen LogP contribution < -0.4 is 5.73 Å². The first-order valence-electron chi connectivity index (χ1n) is 6.61. The number of rotatable bonds is 2. The lowest BCUT2D eigenvalue weighted by molar-refractivity contribution is 0.818. The van der Waals surface area contributed by atoms with E-state index < -0.39 is 0 Å². The molecule has 0 unspecified atom stereocenters. The minimum atomic E-state index is 0.343. The van der Waals surface area contributed by atoms with Crippen molar-refractivity contribution in [1.82, 2.24) is 9.97 Å². The number of anilines is 1. The zero-order chi connectivity index (χ0) is 14.2. The van der Waals surface area contributed by atoms with E-state index >= 15 is 0 Å². The maximum atomic E-state index is 5.91. The van der Waals surface area contributed by atoms with E-state index in [1.54, 1.807) is 0 Å². The summed E-state index contributed by atoms with van der Waals surface area (Å²) in [6.45, 7) is 10.5. The molecular weight excluding hydrogens is 234 g/mol. The zero-order valence-corrected chi connectivity index (χ0v) is 12.3. The Morgan fingerprint density at radius 1 is 0.947 bits per heavy atom. The number of aryl methyl sites for hydroxylation is 3. The van der Waals surface area contributed by atoms with Crippen LogP contribution in [-0.2, 0) is 0 Å². The third-order valence-corrected chi connectivity index (χ3v) is 3.26. The number of hydrogen-bond donors (Lipinski definition) is 1. The molecule has 0 spiro atoms.